The second-order valence-corrected chi connectivity index (χ2v) is 9.32. The molecular weight excluding hydrogens is 392 g/mol. The number of likely N-dealkylation sites (tertiary alicyclic amines) is 1. The molecule has 0 radical (unpaired) electrons. The maximum Gasteiger partial charge on any atom is 0.245 e. The topological polar surface area (TPSA) is 101 Å². The molecule has 10 heteroatoms. The Bertz CT molecular complexity index is 1180. The van der Waals surface area contributed by atoms with Crippen molar-refractivity contribution in [1.82, 2.24) is 29.2 Å². The number of rotatable bonds is 5. The van der Waals surface area contributed by atoms with E-state index in [2.05, 4.69) is 15.3 Å². The Hall–Kier alpha value is -2.85. The second kappa shape index (κ2) is 6.89. The average Bonchev–Trinajstić information content (AvgIpc) is 3.29. The van der Waals surface area contributed by atoms with Gasteiger partial charge in [-0.25, -0.2) is 13.1 Å². The predicted molar refractivity (Wildman–Crippen MR) is 104 cm³/mol. The Morgan fingerprint density at radius 2 is 1.97 bits per heavy atom. The lowest BCUT2D eigenvalue weighted by Crippen LogP contribution is -2.50. The lowest BCUT2D eigenvalue weighted by Gasteiger charge is -2.37. The van der Waals surface area contributed by atoms with E-state index in [1.54, 1.807) is 40.2 Å². The van der Waals surface area contributed by atoms with E-state index in [1.165, 1.54) is 4.31 Å². The quantitative estimate of drug-likeness (QED) is 0.624. The van der Waals surface area contributed by atoms with Crippen LogP contribution in [0.25, 0.3) is 10.9 Å². The maximum atomic E-state index is 13.1. The van der Waals surface area contributed by atoms with Crippen LogP contribution in [0.5, 0.6) is 0 Å². The molecule has 1 aromatic carbocycles. The molecule has 1 amide bonds. The molecule has 2 aliphatic rings. The van der Waals surface area contributed by atoms with Gasteiger partial charge in [-0.3, -0.25) is 9.78 Å². The summed E-state index contributed by atoms with van der Waals surface area (Å²) >= 11 is 0. The Morgan fingerprint density at radius 3 is 2.76 bits per heavy atom. The third-order valence-corrected chi connectivity index (χ3v) is 7.36. The Kier molecular flexibility index (Phi) is 4.32. The maximum absolute atomic E-state index is 13.1. The molecule has 0 unspecified atom stereocenters. The number of pyridine rings is 1. The van der Waals surface area contributed by atoms with Crippen LogP contribution in [-0.2, 0) is 21.4 Å². The monoisotopic (exact) mass is 412 g/mol. The van der Waals surface area contributed by atoms with E-state index in [0.29, 0.717) is 31.6 Å². The molecule has 0 bridgehead atoms. The Balaban J connectivity index is 1.30. The van der Waals surface area contributed by atoms with Gasteiger partial charge in [0.05, 0.1) is 24.3 Å². The molecule has 5 rings (SSSR count). The first kappa shape index (κ1) is 18.2. The summed E-state index contributed by atoms with van der Waals surface area (Å²) in [5.74, 6) is 0.143. The Morgan fingerprint density at radius 1 is 1.14 bits per heavy atom. The fraction of sp³-hybridized carbons (Fsp3) is 0.368. The van der Waals surface area contributed by atoms with Crippen LogP contribution in [0.3, 0.4) is 0 Å². The van der Waals surface area contributed by atoms with E-state index in [-0.39, 0.29) is 16.8 Å². The summed E-state index contributed by atoms with van der Waals surface area (Å²) in [6, 6.07) is 8.75. The van der Waals surface area contributed by atoms with Gasteiger partial charge in [0.2, 0.25) is 15.9 Å². The second-order valence-electron chi connectivity index (χ2n) is 7.42. The first-order valence-electron chi connectivity index (χ1n) is 9.55. The summed E-state index contributed by atoms with van der Waals surface area (Å²) in [5, 5.41) is 9.08. The van der Waals surface area contributed by atoms with Crippen molar-refractivity contribution in [2.75, 3.05) is 19.6 Å². The molecule has 9 nitrogen and oxygen atoms in total. The third-order valence-electron chi connectivity index (χ3n) is 5.50. The largest absolute Gasteiger partial charge is 0.337 e. The van der Waals surface area contributed by atoms with Gasteiger partial charge in [0, 0.05) is 37.6 Å². The van der Waals surface area contributed by atoms with Gasteiger partial charge in [-0.2, -0.15) is 4.31 Å². The van der Waals surface area contributed by atoms with Crippen molar-refractivity contribution < 1.29 is 13.2 Å². The fourth-order valence-electron chi connectivity index (χ4n) is 3.83. The number of aromatic nitrogens is 4. The number of amides is 1. The van der Waals surface area contributed by atoms with Crippen LogP contribution in [0, 0.1) is 0 Å². The summed E-state index contributed by atoms with van der Waals surface area (Å²) in [7, 11) is -3.63. The molecule has 0 atom stereocenters. The summed E-state index contributed by atoms with van der Waals surface area (Å²) < 4.78 is 29.3. The number of sulfonamides is 1. The number of carbonyl (C=O) groups excluding carboxylic acids is 1. The van der Waals surface area contributed by atoms with Crippen molar-refractivity contribution in [3.05, 3.63) is 48.4 Å². The molecule has 2 fully saturated rings. The van der Waals surface area contributed by atoms with E-state index >= 15 is 0 Å². The van der Waals surface area contributed by atoms with Gasteiger partial charge in [-0.05, 0) is 18.6 Å². The smallest absolute Gasteiger partial charge is 0.245 e. The van der Waals surface area contributed by atoms with E-state index in [9.17, 15) is 13.2 Å². The molecule has 29 heavy (non-hydrogen) atoms. The van der Waals surface area contributed by atoms with Crippen molar-refractivity contribution in [3.63, 3.8) is 0 Å². The molecule has 0 saturated carbocycles. The number of fused-ring (bicyclic) bond motifs is 1. The first-order chi connectivity index (χ1) is 14.0. The molecule has 150 valence electrons. The van der Waals surface area contributed by atoms with E-state index in [1.807, 2.05) is 12.1 Å². The molecular formula is C19H20N6O3S. The zero-order chi connectivity index (χ0) is 20.0. The minimum Gasteiger partial charge on any atom is -0.337 e. The van der Waals surface area contributed by atoms with Gasteiger partial charge in [-0.1, -0.05) is 23.4 Å². The first-order valence-corrected chi connectivity index (χ1v) is 11.0. The highest BCUT2D eigenvalue weighted by molar-refractivity contribution is 7.89. The van der Waals surface area contributed by atoms with Crippen molar-refractivity contribution in [3.8, 4) is 0 Å². The van der Waals surface area contributed by atoms with Crippen LogP contribution in [0.2, 0.25) is 0 Å². The number of benzene rings is 1. The predicted octanol–water partition coefficient (Wildman–Crippen LogP) is 1.19. The minimum atomic E-state index is -3.63. The van der Waals surface area contributed by atoms with E-state index in [0.717, 1.165) is 24.0 Å². The Labute approximate surface area is 168 Å². The molecule has 4 heterocycles. The summed E-state index contributed by atoms with van der Waals surface area (Å²) in [5.41, 5.74) is 1.21. The van der Waals surface area contributed by atoms with Crippen LogP contribution in [-0.4, -0.2) is 63.1 Å². The zero-order valence-corrected chi connectivity index (χ0v) is 16.5. The number of hydrogen-bond acceptors (Lipinski definition) is 6. The van der Waals surface area contributed by atoms with Crippen molar-refractivity contribution in [2.45, 2.75) is 30.3 Å². The standard InChI is InChI=1S/C19H20N6O3S/c26-18-7-3-9-23(18)10-15-11-25(22-21-15)16-12-24(13-16)29(27,28)17-6-1-4-14-5-2-8-20-19(14)17/h1-2,4-6,8,11,16H,3,7,9-10,12-13H2. The summed E-state index contributed by atoms with van der Waals surface area (Å²) in [6.07, 6.45) is 4.88. The van der Waals surface area contributed by atoms with Crippen LogP contribution in [0.4, 0.5) is 0 Å². The molecule has 2 aromatic heterocycles. The van der Waals surface area contributed by atoms with Crippen LogP contribution >= 0.6 is 0 Å². The summed E-state index contributed by atoms with van der Waals surface area (Å²) in [6.45, 7) is 1.86. The molecule has 2 aliphatic heterocycles. The molecule has 0 spiro atoms. The highest BCUT2D eigenvalue weighted by Crippen LogP contribution is 2.31. The van der Waals surface area contributed by atoms with E-state index < -0.39 is 10.0 Å². The van der Waals surface area contributed by atoms with E-state index in [4.69, 9.17) is 0 Å². The SMILES string of the molecule is O=C1CCCN1Cc1cn(C2CN(S(=O)(=O)c3cccc4cccnc34)C2)nn1. The highest BCUT2D eigenvalue weighted by Gasteiger charge is 2.39. The zero-order valence-electron chi connectivity index (χ0n) is 15.7. The lowest BCUT2D eigenvalue weighted by atomic mass is 10.2. The molecule has 2 saturated heterocycles. The van der Waals surface area contributed by atoms with Gasteiger partial charge in [0.25, 0.3) is 0 Å². The number of hydrogen-bond donors (Lipinski definition) is 0. The van der Waals surface area contributed by atoms with Gasteiger partial charge in [0.1, 0.15) is 10.6 Å². The normalized spacial score (nSPS) is 18.5. The number of nitrogens with zero attached hydrogens (tertiary/aromatic N) is 6. The van der Waals surface area contributed by atoms with Crippen LogP contribution < -0.4 is 0 Å². The fourth-order valence-corrected chi connectivity index (χ4v) is 5.51. The minimum absolute atomic E-state index is 0.0664. The van der Waals surface area contributed by atoms with Crippen molar-refractivity contribution in [1.29, 1.82) is 0 Å². The molecule has 3 aromatic rings. The van der Waals surface area contributed by atoms with Gasteiger partial charge < -0.3 is 4.90 Å². The van der Waals surface area contributed by atoms with Crippen LogP contribution in [0.15, 0.2) is 47.6 Å². The van der Waals surface area contributed by atoms with Crippen molar-refractivity contribution in [2.24, 2.45) is 0 Å². The molecule has 0 N–H and O–H groups in total. The summed E-state index contributed by atoms with van der Waals surface area (Å²) in [4.78, 5) is 18.0. The lowest BCUT2D eigenvalue weighted by molar-refractivity contribution is -0.128. The highest BCUT2D eigenvalue weighted by atomic mass is 32.2. The third kappa shape index (κ3) is 3.18. The number of carbonyl (C=O) groups is 1. The van der Waals surface area contributed by atoms with Gasteiger partial charge in [-0.15, -0.1) is 5.10 Å². The van der Waals surface area contributed by atoms with Gasteiger partial charge in [0.15, 0.2) is 0 Å². The van der Waals surface area contributed by atoms with Crippen molar-refractivity contribution >= 4 is 26.8 Å². The van der Waals surface area contributed by atoms with Gasteiger partial charge >= 0.3 is 0 Å². The molecule has 0 aliphatic carbocycles. The van der Waals surface area contributed by atoms with Crippen LogP contribution in [0.1, 0.15) is 24.6 Å². The number of para-hydroxylation sites is 1. The average molecular weight is 412 g/mol.